The number of thioether (sulfide) groups is 1. The summed E-state index contributed by atoms with van der Waals surface area (Å²) < 4.78 is 5.05. The third-order valence-electron chi connectivity index (χ3n) is 1.78. The van der Waals surface area contributed by atoms with E-state index in [4.69, 9.17) is 9.78 Å². The third-order valence-corrected chi connectivity index (χ3v) is 2.33. The van der Waals surface area contributed by atoms with Gasteiger partial charge in [0.2, 0.25) is 0 Å². The standard InChI is InChI=1S/C9H8N4OS/c1-15-5-8-12-9(14-13-8)7-2-6(3-10)4-11-7/h2,4,11H,5H2,1H3. The van der Waals surface area contributed by atoms with Crippen molar-refractivity contribution in [2.24, 2.45) is 0 Å². The van der Waals surface area contributed by atoms with Crippen molar-refractivity contribution in [2.45, 2.75) is 5.75 Å². The molecule has 0 radical (unpaired) electrons. The number of hydrogen-bond acceptors (Lipinski definition) is 5. The first-order valence-corrected chi connectivity index (χ1v) is 5.63. The first-order chi connectivity index (χ1) is 7.33. The summed E-state index contributed by atoms with van der Waals surface area (Å²) >= 11 is 1.63. The molecule has 2 aromatic rings. The van der Waals surface area contributed by atoms with Crippen LogP contribution in [-0.4, -0.2) is 21.4 Å². The van der Waals surface area contributed by atoms with Gasteiger partial charge in [-0.1, -0.05) is 5.16 Å². The molecule has 0 bridgehead atoms. The summed E-state index contributed by atoms with van der Waals surface area (Å²) in [5.41, 5.74) is 1.22. The minimum absolute atomic E-state index is 0.417. The normalized spacial score (nSPS) is 10.1. The minimum Gasteiger partial charge on any atom is -0.356 e. The van der Waals surface area contributed by atoms with Gasteiger partial charge in [-0.3, -0.25) is 0 Å². The van der Waals surface area contributed by atoms with E-state index in [-0.39, 0.29) is 0 Å². The van der Waals surface area contributed by atoms with Gasteiger partial charge in [0.1, 0.15) is 11.8 Å². The maximum atomic E-state index is 8.65. The second-order valence-corrected chi connectivity index (χ2v) is 3.73. The van der Waals surface area contributed by atoms with E-state index >= 15 is 0 Å². The van der Waals surface area contributed by atoms with Gasteiger partial charge in [-0.05, 0) is 12.3 Å². The number of H-pyrrole nitrogens is 1. The zero-order valence-electron chi connectivity index (χ0n) is 8.02. The van der Waals surface area contributed by atoms with Crippen molar-refractivity contribution in [3.63, 3.8) is 0 Å². The largest absolute Gasteiger partial charge is 0.356 e. The van der Waals surface area contributed by atoms with E-state index in [1.165, 1.54) is 0 Å². The highest BCUT2D eigenvalue weighted by Gasteiger charge is 2.10. The highest BCUT2D eigenvalue weighted by Crippen LogP contribution is 2.17. The molecule has 0 aliphatic heterocycles. The lowest BCUT2D eigenvalue weighted by Crippen LogP contribution is -1.82. The van der Waals surface area contributed by atoms with Crippen molar-refractivity contribution >= 4 is 11.8 Å². The Morgan fingerprint density at radius 1 is 1.67 bits per heavy atom. The lowest BCUT2D eigenvalue weighted by atomic mass is 10.3. The summed E-state index contributed by atoms with van der Waals surface area (Å²) in [6.07, 6.45) is 3.58. The molecule has 0 saturated heterocycles. The Morgan fingerprint density at radius 2 is 2.53 bits per heavy atom. The molecule has 1 N–H and O–H groups in total. The summed E-state index contributed by atoms with van der Waals surface area (Å²) in [4.78, 5) is 7.08. The molecule has 0 fully saturated rings. The van der Waals surface area contributed by atoms with Crippen LogP contribution in [0.25, 0.3) is 11.6 Å². The van der Waals surface area contributed by atoms with Gasteiger partial charge in [0.15, 0.2) is 5.82 Å². The Bertz CT molecular complexity index is 496. The lowest BCUT2D eigenvalue weighted by Gasteiger charge is -1.85. The van der Waals surface area contributed by atoms with Gasteiger partial charge in [-0.2, -0.15) is 22.0 Å². The molecule has 2 rings (SSSR count). The minimum atomic E-state index is 0.417. The fraction of sp³-hybridized carbons (Fsp3) is 0.222. The number of nitriles is 1. The number of hydrogen-bond donors (Lipinski definition) is 1. The zero-order chi connectivity index (χ0) is 10.7. The van der Waals surface area contributed by atoms with Crippen LogP contribution in [-0.2, 0) is 5.75 Å². The monoisotopic (exact) mass is 220 g/mol. The Labute approximate surface area is 90.5 Å². The van der Waals surface area contributed by atoms with Crippen LogP contribution in [0.3, 0.4) is 0 Å². The Kier molecular flexibility index (Phi) is 2.74. The highest BCUT2D eigenvalue weighted by atomic mass is 32.2. The fourth-order valence-corrected chi connectivity index (χ4v) is 1.51. The molecule has 2 aromatic heterocycles. The van der Waals surface area contributed by atoms with Crippen LogP contribution in [0, 0.1) is 11.3 Å². The highest BCUT2D eigenvalue weighted by molar-refractivity contribution is 7.97. The van der Waals surface area contributed by atoms with Crippen LogP contribution >= 0.6 is 11.8 Å². The molecule has 0 aromatic carbocycles. The molecule has 5 nitrogen and oxygen atoms in total. The van der Waals surface area contributed by atoms with Crippen molar-refractivity contribution < 1.29 is 4.52 Å². The molecule has 0 spiro atoms. The number of aromatic nitrogens is 3. The van der Waals surface area contributed by atoms with E-state index in [0.29, 0.717) is 23.0 Å². The Hall–Kier alpha value is -1.74. The van der Waals surface area contributed by atoms with E-state index in [2.05, 4.69) is 15.1 Å². The lowest BCUT2D eigenvalue weighted by molar-refractivity contribution is 0.424. The quantitative estimate of drug-likeness (QED) is 0.853. The Morgan fingerprint density at radius 3 is 3.20 bits per heavy atom. The summed E-state index contributed by atoms with van der Waals surface area (Å²) in [7, 11) is 0. The molecule has 0 amide bonds. The van der Waals surface area contributed by atoms with Gasteiger partial charge in [0.05, 0.1) is 11.3 Å². The van der Waals surface area contributed by atoms with E-state index in [1.54, 1.807) is 24.0 Å². The van der Waals surface area contributed by atoms with Crippen LogP contribution < -0.4 is 0 Å². The summed E-state index contributed by atoms with van der Waals surface area (Å²) in [6, 6.07) is 3.70. The second-order valence-electron chi connectivity index (χ2n) is 2.86. The fourth-order valence-electron chi connectivity index (χ4n) is 1.13. The van der Waals surface area contributed by atoms with Crippen molar-refractivity contribution in [3.8, 4) is 17.7 Å². The van der Waals surface area contributed by atoms with Crippen molar-refractivity contribution in [2.75, 3.05) is 6.26 Å². The van der Waals surface area contributed by atoms with Crippen LogP contribution in [0.4, 0.5) is 0 Å². The van der Waals surface area contributed by atoms with Gasteiger partial charge in [0.25, 0.3) is 5.89 Å². The van der Waals surface area contributed by atoms with Crippen molar-refractivity contribution in [3.05, 3.63) is 23.7 Å². The van der Waals surface area contributed by atoms with Gasteiger partial charge >= 0.3 is 0 Å². The molecule has 0 unspecified atom stereocenters. The summed E-state index contributed by atoms with van der Waals surface area (Å²) in [5, 5.41) is 12.5. The van der Waals surface area contributed by atoms with Crippen molar-refractivity contribution in [1.82, 2.24) is 15.1 Å². The van der Waals surface area contributed by atoms with Crippen LogP contribution in [0.1, 0.15) is 11.4 Å². The predicted octanol–water partition coefficient (Wildman–Crippen LogP) is 1.80. The SMILES string of the molecule is CSCc1noc(-c2cc(C#N)c[nH]2)n1. The van der Waals surface area contributed by atoms with Gasteiger partial charge < -0.3 is 9.51 Å². The van der Waals surface area contributed by atoms with E-state index in [0.717, 1.165) is 5.75 Å². The molecule has 6 heteroatoms. The van der Waals surface area contributed by atoms with Gasteiger partial charge in [-0.15, -0.1) is 0 Å². The molecule has 76 valence electrons. The molecule has 0 saturated carbocycles. The topological polar surface area (TPSA) is 78.5 Å². The molecule has 0 aliphatic carbocycles. The molecular weight excluding hydrogens is 212 g/mol. The second kappa shape index (κ2) is 4.19. The van der Waals surface area contributed by atoms with E-state index in [1.807, 2.05) is 12.3 Å². The van der Waals surface area contributed by atoms with Gasteiger partial charge in [0, 0.05) is 6.20 Å². The number of rotatable bonds is 3. The number of nitrogens with one attached hydrogen (secondary N) is 1. The number of aromatic amines is 1. The average Bonchev–Trinajstić information content (AvgIpc) is 2.85. The molecule has 2 heterocycles. The van der Waals surface area contributed by atoms with Crippen LogP contribution in [0.15, 0.2) is 16.8 Å². The Balaban J connectivity index is 2.25. The van der Waals surface area contributed by atoms with E-state index in [9.17, 15) is 0 Å². The summed E-state index contributed by atoms with van der Waals surface area (Å²) in [6.45, 7) is 0. The smallest absolute Gasteiger partial charge is 0.274 e. The third kappa shape index (κ3) is 2.02. The predicted molar refractivity (Wildman–Crippen MR) is 56.0 cm³/mol. The van der Waals surface area contributed by atoms with Crippen LogP contribution in [0.2, 0.25) is 0 Å². The summed E-state index contributed by atoms with van der Waals surface area (Å²) in [5.74, 6) is 1.79. The molecule has 0 aliphatic rings. The van der Waals surface area contributed by atoms with Gasteiger partial charge in [-0.25, -0.2) is 0 Å². The van der Waals surface area contributed by atoms with Crippen LogP contribution in [0.5, 0.6) is 0 Å². The van der Waals surface area contributed by atoms with E-state index < -0.39 is 0 Å². The molecule has 15 heavy (non-hydrogen) atoms. The average molecular weight is 220 g/mol. The zero-order valence-corrected chi connectivity index (χ0v) is 8.84. The maximum Gasteiger partial charge on any atom is 0.274 e. The maximum absolute atomic E-state index is 8.65. The first-order valence-electron chi connectivity index (χ1n) is 4.24. The van der Waals surface area contributed by atoms with Crippen molar-refractivity contribution in [1.29, 1.82) is 5.26 Å². The molecule has 0 atom stereocenters. The molecular formula is C9H8N4OS. The first kappa shape index (κ1) is 9.80. The number of nitrogens with zero attached hydrogens (tertiary/aromatic N) is 3.